The van der Waals surface area contributed by atoms with Gasteiger partial charge >= 0.3 is 0 Å². The Bertz CT molecular complexity index is 716. The Morgan fingerprint density at radius 3 is 2.71 bits per heavy atom. The van der Waals surface area contributed by atoms with Gasteiger partial charge in [0, 0.05) is 31.7 Å². The average Bonchev–Trinajstić information content (AvgIpc) is 3.18. The topological polar surface area (TPSA) is 86.3 Å². The highest BCUT2D eigenvalue weighted by atomic mass is 15.4. The summed E-state index contributed by atoms with van der Waals surface area (Å²) in [6.07, 6.45) is 5.22. The van der Waals surface area contributed by atoms with E-state index in [1.54, 1.807) is 23.3 Å². The molecule has 0 spiro atoms. The summed E-state index contributed by atoms with van der Waals surface area (Å²) in [4.78, 5) is 13.3. The number of nitrogens with zero attached hydrogens (tertiary/aromatic N) is 7. The molecule has 0 unspecified atom stereocenters. The fraction of sp³-hybridized carbons (Fsp3) is 0.308. The molecule has 0 aliphatic heterocycles. The predicted octanol–water partition coefficient (Wildman–Crippen LogP) is 1.37. The van der Waals surface area contributed by atoms with Gasteiger partial charge in [-0.1, -0.05) is 0 Å². The highest BCUT2D eigenvalue weighted by molar-refractivity contribution is 5.52. The second-order valence-corrected chi connectivity index (χ2v) is 4.30. The molecule has 0 aliphatic carbocycles. The first-order valence-electron chi connectivity index (χ1n) is 6.84. The number of hydrogen-bond donors (Lipinski definition) is 1. The van der Waals surface area contributed by atoms with E-state index >= 15 is 0 Å². The summed E-state index contributed by atoms with van der Waals surface area (Å²) in [6, 6.07) is 3.72. The fourth-order valence-corrected chi connectivity index (χ4v) is 1.98. The molecule has 3 aromatic heterocycles. The molecular formula is C13H16N8. The normalized spacial score (nSPS) is 10.8. The molecule has 0 aliphatic rings. The summed E-state index contributed by atoms with van der Waals surface area (Å²) < 4.78 is 3.45. The molecule has 0 saturated carbocycles. The monoisotopic (exact) mass is 284 g/mol. The van der Waals surface area contributed by atoms with Gasteiger partial charge in [-0.05, 0) is 26.0 Å². The molecule has 0 fully saturated rings. The summed E-state index contributed by atoms with van der Waals surface area (Å²) in [5.74, 6) is 1.58. The first-order valence-corrected chi connectivity index (χ1v) is 6.84. The minimum Gasteiger partial charge on any atom is -0.354 e. The van der Waals surface area contributed by atoms with Crippen molar-refractivity contribution in [3.05, 3.63) is 30.7 Å². The van der Waals surface area contributed by atoms with Crippen molar-refractivity contribution in [3.8, 4) is 17.5 Å². The number of aromatic nitrogens is 7. The molecule has 3 heterocycles. The van der Waals surface area contributed by atoms with E-state index in [0.29, 0.717) is 17.7 Å². The zero-order valence-corrected chi connectivity index (χ0v) is 11.9. The third-order valence-electron chi connectivity index (χ3n) is 2.91. The molecule has 3 aromatic rings. The minimum atomic E-state index is 0.477. The number of anilines is 1. The van der Waals surface area contributed by atoms with Gasteiger partial charge in [0.15, 0.2) is 5.82 Å². The van der Waals surface area contributed by atoms with E-state index in [4.69, 9.17) is 0 Å². The van der Waals surface area contributed by atoms with Crippen LogP contribution in [0.2, 0.25) is 0 Å². The van der Waals surface area contributed by atoms with Crippen molar-refractivity contribution in [2.75, 3.05) is 11.9 Å². The van der Waals surface area contributed by atoms with Crippen LogP contribution >= 0.6 is 0 Å². The molecule has 3 rings (SSSR count). The Kier molecular flexibility index (Phi) is 3.59. The lowest BCUT2D eigenvalue weighted by molar-refractivity contribution is 0.662. The Morgan fingerprint density at radius 2 is 2.00 bits per heavy atom. The maximum absolute atomic E-state index is 4.49. The zero-order chi connectivity index (χ0) is 14.7. The van der Waals surface area contributed by atoms with Gasteiger partial charge in [-0.25, -0.2) is 4.68 Å². The average molecular weight is 284 g/mol. The Labute approximate surface area is 121 Å². The van der Waals surface area contributed by atoms with Crippen molar-refractivity contribution in [3.63, 3.8) is 0 Å². The summed E-state index contributed by atoms with van der Waals surface area (Å²) in [7, 11) is 0. The van der Waals surface area contributed by atoms with Crippen LogP contribution in [0.4, 0.5) is 5.95 Å². The number of aryl methyl sites for hydroxylation is 1. The van der Waals surface area contributed by atoms with Crippen LogP contribution in [0.25, 0.3) is 17.5 Å². The Hall–Kier alpha value is -2.77. The van der Waals surface area contributed by atoms with E-state index in [1.807, 2.05) is 30.7 Å². The van der Waals surface area contributed by atoms with E-state index in [2.05, 4.69) is 30.5 Å². The molecule has 0 saturated heterocycles. The van der Waals surface area contributed by atoms with Crippen LogP contribution < -0.4 is 5.32 Å². The van der Waals surface area contributed by atoms with Gasteiger partial charge in [-0.15, -0.1) is 0 Å². The van der Waals surface area contributed by atoms with Crippen LogP contribution in [0.5, 0.6) is 0 Å². The molecule has 8 nitrogen and oxygen atoms in total. The largest absolute Gasteiger partial charge is 0.354 e. The van der Waals surface area contributed by atoms with Crippen molar-refractivity contribution < 1.29 is 0 Å². The third kappa shape index (κ3) is 2.60. The Balaban J connectivity index is 2.11. The smallest absolute Gasteiger partial charge is 0.255 e. The molecule has 0 atom stereocenters. The molecule has 108 valence electrons. The van der Waals surface area contributed by atoms with Gasteiger partial charge in [-0.3, -0.25) is 4.68 Å². The van der Waals surface area contributed by atoms with Gasteiger partial charge in [0.2, 0.25) is 5.95 Å². The van der Waals surface area contributed by atoms with Crippen molar-refractivity contribution in [1.29, 1.82) is 0 Å². The van der Waals surface area contributed by atoms with Gasteiger partial charge < -0.3 is 5.32 Å². The Morgan fingerprint density at radius 1 is 1.10 bits per heavy atom. The first-order chi connectivity index (χ1) is 10.3. The second kappa shape index (κ2) is 5.70. The van der Waals surface area contributed by atoms with Crippen LogP contribution in [-0.2, 0) is 6.54 Å². The lowest BCUT2D eigenvalue weighted by Gasteiger charge is -2.08. The lowest BCUT2D eigenvalue weighted by Crippen LogP contribution is -2.11. The first kappa shape index (κ1) is 13.2. The van der Waals surface area contributed by atoms with Crippen LogP contribution in [-0.4, -0.2) is 41.1 Å². The SMILES string of the molecule is CCNc1nc(-c2ccnn2CC)nc(-n2cccn2)n1. The quantitative estimate of drug-likeness (QED) is 0.761. The molecule has 1 N–H and O–H groups in total. The van der Waals surface area contributed by atoms with Crippen LogP contribution in [0.1, 0.15) is 13.8 Å². The molecule has 0 aromatic carbocycles. The van der Waals surface area contributed by atoms with Gasteiger partial charge in [0.1, 0.15) is 5.69 Å². The highest BCUT2D eigenvalue weighted by Crippen LogP contribution is 2.17. The second-order valence-electron chi connectivity index (χ2n) is 4.30. The molecule has 21 heavy (non-hydrogen) atoms. The molecular weight excluding hydrogens is 268 g/mol. The zero-order valence-electron chi connectivity index (χ0n) is 11.9. The number of rotatable bonds is 5. The minimum absolute atomic E-state index is 0.477. The molecule has 0 radical (unpaired) electrons. The van der Waals surface area contributed by atoms with E-state index in [9.17, 15) is 0 Å². The fourth-order valence-electron chi connectivity index (χ4n) is 1.98. The van der Waals surface area contributed by atoms with Crippen LogP contribution in [0, 0.1) is 0 Å². The van der Waals surface area contributed by atoms with E-state index in [-0.39, 0.29) is 0 Å². The summed E-state index contributed by atoms with van der Waals surface area (Å²) >= 11 is 0. The highest BCUT2D eigenvalue weighted by Gasteiger charge is 2.13. The van der Waals surface area contributed by atoms with Crippen LogP contribution in [0.3, 0.4) is 0 Å². The predicted molar refractivity (Wildman–Crippen MR) is 78.0 cm³/mol. The maximum atomic E-state index is 4.49. The van der Waals surface area contributed by atoms with E-state index in [1.165, 1.54) is 0 Å². The summed E-state index contributed by atoms with van der Waals surface area (Å²) in [5, 5.41) is 11.5. The van der Waals surface area contributed by atoms with Crippen molar-refractivity contribution in [2.24, 2.45) is 0 Å². The van der Waals surface area contributed by atoms with E-state index in [0.717, 1.165) is 18.8 Å². The number of nitrogens with one attached hydrogen (secondary N) is 1. The van der Waals surface area contributed by atoms with Gasteiger partial charge in [-0.2, -0.15) is 25.1 Å². The van der Waals surface area contributed by atoms with E-state index < -0.39 is 0 Å². The summed E-state index contributed by atoms with van der Waals surface area (Å²) in [5.41, 5.74) is 0.854. The van der Waals surface area contributed by atoms with Crippen molar-refractivity contribution in [1.82, 2.24) is 34.5 Å². The maximum Gasteiger partial charge on any atom is 0.255 e. The standard InChI is InChI=1S/C13H16N8/c1-3-14-12-17-11(10-6-8-16-20(10)4-2)18-13(19-12)21-9-5-7-15-21/h5-9H,3-4H2,1-2H3,(H,14,17,18,19). The van der Waals surface area contributed by atoms with Crippen LogP contribution in [0.15, 0.2) is 30.7 Å². The molecule has 8 heteroatoms. The molecule has 0 bridgehead atoms. The van der Waals surface area contributed by atoms with Gasteiger partial charge in [0.25, 0.3) is 5.95 Å². The molecule has 0 amide bonds. The van der Waals surface area contributed by atoms with Gasteiger partial charge in [0.05, 0.1) is 0 Å². The number of hydrogen-bond acceptors (Lipinski definition) is 6. The van der Waals surface area contributed by atoms with Crippen molar-refractivity contribution in [2.45, 2.75) is 20.4 Å². The summed E-state index contributed by atoms with van der Waals surface area (Å²) in [6.45, 7) is 5.50. The van der Waals surface area contributed by atoms with Crippen molar-refractivity contribution >= 4 is 5.95 Å². The lowest BCUT2D eigenvalue weighted by atomic mass is 10.4. The third-order valence-corrected chi connectivity index (χ3v) is 2.91.